The van der Waals surface area contributed by atoms with E-state index in [1.54, 1.807) is 11.0 Å². The van der Waals surface area contributed by atoms with E-state index < -0.39 is 5.82 Å². The molecule has 0 spiro atoms. The van der Waals surface area contributed by atoms with Crippen molar-refractivity contribution in [2.45, 2.75) is 32.6 Å². The van der Waals surface area contributed by atoms with Crippen LogP contribution in [-0.4, -0.2) is 36.3 Å². The molecule has 2 amide bonds. The van der Waals surface area contributed by atoms with Gasteiger partial charge < -0.3 is 10.2 Å². The molecule has 1 fully saturated rings. The zero-order valence-electron chi connectivity index (χ0n) is 13.3. The number of nitrogens with zero attached hydrogens (tertiary/aromatic N) is 1. The third-order valence-electron chi connectivity index (χ3n) is 4.16. The van der Waals surface area contributed by atoms with Crippen molar-refractivity contribution in [3.63, 3.8) is 0 Å². The maximum absolute atomic E-state index is 13.8. The van der Waals surface area contributed by atoms with Crippen molar-refractivity contribution in [3.8, 4) is 0 Å². The summed E-state index contributed by atoms with van der Waals surface area (Å²) in [6.07, 6.45) is 2.16. The van der Waals surface area contributed by atoms with Crippen molar-refractivity contribution >= 4 is 23.4 Å². The van der Waals surface area contributed by atoms with Crippen LogP contribution in [0, 0.1) is 11.7 Å². The largest absolute Gasteiger partial charge is 0.356 e. The fourth-order valence-corrected chi connectivity index (χ4v) is 2.98. The summed E-state index contributed by atoms with van der Waals surface area (Å²) < 4.78 is 13.8. The summed E-state index contributed by atoms with van der Waals surface area (Å²) in [6.45, 7) is 3.74. The van der Waals surface area contributed by atoms with Gasteiger partial charge in [-0.1, -0.05) is 24.6 Å². The molecule has 0 unspecified atom stereocenters. The molecule has 4 nitrogen and oxygen atoms in total. The van der Waals surface area contributed by atoms with Crippen molar-refractivity contribution in [1.29, 1.82) is 0 Å². The molecule has 0 bridgehead atoms. The SMILES string of the molecule is CCCNC(=O)C1CCN(C(=O)Cc2c(F)cccc2Cl)CC1. The minimum absolute atomic E-state index is 0.0392. The second kappa shape index (κ2) is 8.29. The molecule has 1 saturated heterocycles. The van der Waals surface area contributed by atoms with Gasteiger partial charge >= 0.3 is 0 Å². The molecule has 126 valence electrons. The quantitative estimate of drug-likeness (QED) is 0.896. The lowest BCUT2D eigenvalue weighted by Gasteiger charge is -2.31. The molecule has 6 heteroatoms. The summed E-state index contributed by atoms with van der Waals surface area (Å²) in [7, 11) is 0. The highest BCUT2D eigenvalue weighted by atomic mass is 35.5. The van der Waals surface area contributed by atoms with E-state index >= 15 is 0 Å². The van der Waals surface area contributed by atoms with Crippen molar-refractivity contribution in [1.82, 2.24) is 10.2 Å². The van der Waals surface area contributed by atoms with Gasteiger partial charge in [0.15, 0.2) is 0 Å². The first kappa shape index (κ1) is 17.7. The number of carbonyl (C=O) groups excluding carboxylic acids is 2. The predicted molar refractivity (Wildman–Crippen MR) is 87.7 cm³/mol. The summed E-state index contributed by atoms with van der Waals surface area (Å²) in [5, 5.41) is 3.16. The van der Waals surface area contributed by atoms with Gasteiger partial charge in [-0.2, -0.15) is 0 Å². The van der Waals surface area contributed by atoms with Gasteiger partial charge in [0.2, 0.25) is 11.8 Å². The number of benzene rings is 1. The van der Waals surface area contributed by atoms with Crippen LogP contribution in [0.4, 0.5) is 4.39 Å². The number of piperidine rings is 1. The Balaban J connectivity index is 1.88. The van der Waals surface area contributed by atoms with Crippen LogP contribution >= 0.6 is 11.6 Å². The lowest BCUT2D eigenvalue weighted by molar-refractivity contribution is -0.135. The van der Waals surface area contributed by atoms with E-state index in [1.165, 1.54) is 12.1 Å². The number of nitrogens with one attached hydrogen (secondary N) is 1. The Labute approximate surface area is 141 Å². The lowest BCUT2D eigenvalue weighted by Crippen LogP contribution is -2.43. The first-order chi connectivity index (χ1) is 11.0. The molecule has 0 saturated carbocycles. The van der Waals surface area contributed by atoms with Crippen LogP contribution in [0.1, 0.15) is 31.7 Å². The maximum atomic E-state index is 13.8. The number of halogens is 2. The Morgan fingerprint density at radius 3 is 2.65 bits per heavy atom. The van der Waals surface area contributed by atoms with E-state index in [9.17, 15) is 14.0 Å². The van der Waals surface area contributed by atoms with E-state index in [0.29, 0.717) is 32.5 Å². The normalized spacial score (nSPS) is 15.5. The number of carbonyl (C=O) groups is 2. The van der Waals surface area contributed by atoms with E-state index in [0.717, 1.165) is 6.42 Å². The summed E-state index contributed by atoms with van der Waals surface area (Å²) in [4.78, 5) is 25.9. The average Bonchev–Trinajstić information content (AvgIpc) is 2.56. The smallest absolute Gasteiger partial charge is 0.227 e. The van der Waals surface area contributed by atoms with Gasteiger partial charge in [-0.25, -0.2) is 4.39 Å². The number of hydrogen-bond acceptors (Lipinski definition) is 2. The van der Waals surface area contributed by atoms with Gasteiger partial charge in [-0.05, 0) is 31.4 Å². The molecular weight excluding hydrogens is 319 g/mol. The van der Waals surface area contributed by atoms with Crippen LogP contribution in [0.15, 0.2) is 18.2 Å². The van der Waals surface area contributed by atoms with Crippen LogP contribution in [-0.2, 0) is 16.0 Å². The molecule has 1 aromatic carbocycles. The standard InChI is InChI=1S/C17H22ClFN2O2/c1-2-8-20-17(23)12-6-9-21(10-7-12)16(22)11-13-14(18)4-3-5-15(13)19/h3-5,12H,2,6-11H2,1H3,(H,20,23). The van der Waals surface area contributed by atoms with Gasteiger partial charge in [-0.3, -0.25) is 9.59 Å². The van der Waals surface area contributed by atoms with Crippen LogP contribution in [0.5, 0.6) is 0 Å². The van der Waals surface area contributed by atoms with Gasteiger partial charge in [0, 0.05) is 36.1 Å². The van der Waals surface area contributed by atoms with Crippen molar-refractivity contribution in [3.05, 3.63) is 34.6 Å². The predicted octanol–water partition coefficient (Wildman–Crippen LogP) is 2.79. The third-order valence-corrected chi connectivity index (χ3v) is 4.51. The van der Waals surface area contributed by atoms with E-state index in [2.05, 4.69) is 5.32 Å². The zero-order chi connectivity index (χ0) is 16.8. The molecule has 1 N–H and O–H groups in total. The second-order valence-corrected chi connectivity index (χ2v) is 6.23. The highest BCUT2D eigenvalue weighted by Gasteiger charge is 2.27. The highest BCUT2D eigenvalue weighted by molar-refractivity contribution is 6.31. The molecule has 1 aromatic rings. The van der Waals surface area contributed by atoms with Gasteiger partial charge in [0.1, 0.15) is 5.82 Å². The monoisotopic (exact) mass is 340 g/mol. The topological polar surface area (TPSA) is 49.4 Å². The molecular formula is C17H22ClFN2O2. The minimum Gasteiger partial charge on any atom is -0.356 e. The van der Waals surface area contributed by atoms with Gasteiger partial charge in [0.05, 0.1) is 6.42 Å². The molecule has 2 rings (SSSR count). The number of likely N-dealkylation sites (tertiary alicyclic amines) is 1. The van der Waals surface area contributed by atoms with Crippen molar-refractivity contribution in [2.24, 2.45) is 5.92 Å². The Bertz CT molecular complexity index is 551. The highest BCUT2D eigenvalue weighted by Crippen LogP contribution is 2.22. The van der Waals surface area contributed by atoms with Crippen molar-refractivity contribution < 1.29 is 14.0 Å². The van der Waals surface area contributed by atoms with Crippen LogP contribution in [0.2, 0.25) is 5.02 Å². The van der Waals surface area contributed by atoms with Gasteiger partial charge in [-0.15, -0.1) is 0 Å². The third kappa shape index (κ3) is 4.67. The Morgan fingerprint density at radius 1 is 1.35 bits per heavy atom. The first-order valence-corrected chi connectivity index (χ1v) is 8.39. The fraction of sp³-hybridized carbons (Fsp3) is 0.529. The molecule has 1 aliphatic rings. The fourth-order valence-electron chi connectivity index (χ4n) is 2.75. The van der Waals surface area contributed by atoms with E-state index in [1.807, 2.05) is 6.92 Å². The molecule has 0 aromatic heterocycles. The van der Waals surface area contributed by atoms with Crippen molar-refractivity contribution in [2.75, 3.05) is 19.6 Å². The molecule has 0 radical (unpaired) electrons. The molecule has 23 heavy (non-hydrogen) atoms. The molecule has 0 aliphatic carbocycles. The minimum atomic E-state index is -0.459. The van der Waals surface area contributed by atoms with Crippen LogP contribution < -0.4 is 5.32 Å². The van der Waals surface area contributed by atoms with Gasteiger partial charge in [0.25, 0.3) is 0 Å². The Hall–Kier alpha value is -1.62. The summed E-state index contributed by atoms with van der Waals surface area (Å²) >= 11 is 5.96. The van der Waals surface area contributed by atoms with E-state index in [-0.39, 0.29) is 34.7 Å². The molecule has 0 atom stereocenters. The molecule has 1 heterocycles. The lowest BCUT2D eigenvalue weighted by atomic mass is 9.95. The summed E-state index contributed by atoms with van der Waals surface area (Å²) in [5.74, 6) is -0.581. The Kier molecular flexibility index (Phi) is 6.39. The molecule has 1 aliphatic heterocycles. The Morgan fingerprint density at radius 2 is 2.04 bits per heavy atom. The summed E-state index contributed by atoms with van der Waals surface area (Å²) in [5.41, 5.74) is 0.238. The first-order valence-electron chi connectivity index (χ1n) is 8.01. The zero-order valence-corrected chi connectivity index (χ0v) is 14.0. The second-order valence-electron chi connectivity index (χ2n) is 5.82. The van der Waals surface area contributed by atoms with Crippen LogP contribution in [0.25, 0.3) is 0 Å². The summed E-state index contributed by atoms with van der Waals surface area (Å²) in [6, 6.07) is 4.41. The average molecular weight is 341 g/mol. The number of rotatable bonds is 5. The number of hydrogen-bond donors (Lipinski definition) is 1. The van der Waals surface area contributed by atoms with Crippen LogP contribution in [0.3, 0.4) is 0 Å². The van der Waals surface area contributed by atoms with E-state index in [4.69, 9.17) is 11.6 Å². The maximum Gasteiger partial charge on any atom is 0.227 e. The number of amides is 2.